The van der Waals surface area contributed by atoms with E-state index in [1.807, 2.05) is 30.3 Å². The van der Waals surface area contributed by atoms with Crippen LogP contribution in [0.2, 0.25) is 0 Å². The van der Waals surface area contributed by atoms with Crippen molar-refractivity contribution < 1.29 is 9.53 Å². The molecule has 4 nitrogen and oxygen atoms in total. The molecule has 126 valence electrons. The Balaban J connectivity index is 1.58. The molecule has 0 aliphatic carbocycles. The van der Waals surface area contributed by atoms with Crippen LogP contribution in [0.15, 0.2) is 54.6 Å². The summed E-state index contributed by atoms with van der Waals surface area (Å²) in [7, 11) is 1.63. The van der Waals surface area contributed by atoms with E-state index in [1.165, 1.54) is 5.56 Å². The second kappa shape index (κ2) is 7.97. The first-order chi connectivity index (χ1) is 11.7. The Morgan fingerprint density at radius 2 is 2.04 bits per heavy atom. The second-order valence-corrected chi connectivity index (χ2v) is 6.28. The van der Waals surface area contributed by atoms with E-state index in [0.717, 1.165) is 43.9 Å². The smallest absolute Gasteiger partial charge is 0.228 e. The second-order valence-electron chi connectivity index (χ2n) is 6.28. The largest absolute Gasteiger partial charge is 0.497 e. The van der Waals surface area contributed by atoms with E-state index in [-0.39, 0.29) is 11.8 Å². The summed E-state index contributed by atoms with van der Waals surface area (Å²) in [6.45, 7) is 2.77. The maximum atomic E-state index is 12.6. The van der Waals surface area contributed by atoms with Gasteiger partial charge in [0.2, 0.25) is 5.91 Å². The minimum absolute atomic E-state index is 0.0358. The molecule has 2 aromatic carbocycles. The average Bonchev–Trinajstić information content (AvgIpc) is 2.63. The van der Waals surface area contributed by atoms with Crippen molar-refractivity contribution in [2.75, 3.05) is 25.5 Å². The molecule has 3 rings (SSSR count). The van der Waals surface area contributed by atoms with Gasteiger partial charge in [-0.3, -0.25) is 9.69 Å². The zero-order valence-corrected chi connectivity index (χ0v) is 14.1. The van der Waals surface area contributed by atoms with Crippen LogP contribution in [0.4, 0.5) is 5.69 Å². The monoisotopic (exact) mass is 324 g/mol. The molecule has 1 aliphatic heterocycles. The summed E-state index contributed by atoms with van der Waals surface area (Å²) in [5.41, 5.74) is 2.09. The highest BCUT2D eigenvalue weighted by Gasteiger charge is 2.25. The molecule has 24 heavy (non-hydrogen) atoms. The molecule has 0 aromatic heterocycles. The molecule has 4 heteroatoms. The third-order valence-electron chi connectivity index (χ3n) is 4.46. The quantitative estimate of drug-likeness (QED) is 0.914. The number of methoxy groups -OCH3 is 1. The molecule has 0 radical (unpaired) electrons. The van der Waals surface area contributed by atoms with Crippen LogP contribution in [0.1, 0.15) is 18.4 Å². The van der Waals surface area contributed by atoms with Gasteiger partial charge in [-0.15, -0.1) is 0 Å². The van der Waals surface area contributed by atoms with Crippen LogP contribution < -0.4 is 10.1 Å². The summed E-state index contributed by atoms with van der Waals surface area (Å²) >= 11 is 0. The Bertz CT molecular complexity index is 672. The normalized spacial score (nSPS) is 18.1. The van der Waals surface area contributed by atoms with Crippen molar-refractivity contribution >= 4 is 11.6 Å². The maximum absolute atomic E-state index is 12.6. The number of hydrogen-bond donors (Lipinski definition) is 1. The summed E-state index contributed by atoms with van der Waals surface area (Å²) in [6, 6.07) is 17.9. The molecular formula is C20H24N2O2. The van der Waals surface area contributed by atoms with Crippen LogP contribution in [0, 0.1) is 5.92 Å². The number of likely N-dealkylation sites (tertiary alicyclic amines) is 1. The fraction of sp³-hybridized carbons (Fsp3) is 0.350. The van der Waals surface area contributed by atoms with E-state index in [1.54, 1.807) is 7.11 Å². The number of rotatable bonds is 5. The van der Waals surface area contributed by atoms with E-state index in [2.05, 4.69) is 34.5 Å². The number of piperidine rings is 1. The van der Waals surface area contributed by atoms with Gasteiger partial charge in [-0.25, -0.2) is 0 Å². The van der Waals surface area contributed by atoms with Crippen molar-refractivity contribution in [3.8, 4) is 5.75 Å². The summed E-state index contributed by atoms with van der Waals surface area (Å²) in [4.78, 5) is 15.0. The molecule has 2 aromatic rings. The molecule has 1 atom stereocenters. The van der Waals surface area contributed by atoms with Gasteiger partial charge >= 0.3 is 0 Å². The van der Waals surface area contributed by atoms with Crippen molar-refractivity contribution in [1.82, 2.24) is 4.90 Å². The molecule has 1 amide bonds. The number of nitrogens with zero attached hydrogens (tertiary/aromatic N) is 1. The first-order valence-electron chi connectivity index (χ1n) is 8.46. The van der Waals surface area contributed by atoms with Crippen LogP contribution in [-0.4, -0.2) is 31.0 Å². The van der Waals surface area contributed by atoms with Gasteiger partial charge in [-0.2, -0.15) is 0 Å². The van der Waals surface area contributed by atoms with E-state index in [4.69, 9.17) is 4.74 Å². The number of carbonyl (C=O) groups excluding carboxylic acids is 1. The molecule has 0 spiro atoms. The van der Waals surface area contributed by atoms with Crippen molar-refractivity contribution in [3.63, 3.8) is 0 Å². The summed E-state index contributed by atoms with van der Waals surface area (Å²) in [5.74, 6) is 0.886. The molecule has 0 unspecified atom stereocenters. The lowest BCUT2D eigenvalue weighted by molar-refractivity contribution is -0.121. The fourth-order valence-corrected chi connectivity index (χ4v) is 3.20. The molecular weight excluding hydrogens is 300 g/mol. The van der Waals surface area contributed by atoms with Gasteiger partial charge in [0.25, 0.3) is 0 Å². The Morgan fingerprint density at radius 3 is 2.83 bits per heavy atom. The van der Waals surface area contributed by atoms with Crippen molar-refractivity contribution in [3.05, 3.63) is 60.2 Å². The first-order valence-corrected chi connectivity index (χ1v) is 8.46. The van der Waals surface area contributed by atoms with Crippen LogP contribution in [-0.2, 0) is 11.3 Å². The Hall–Kier alpha value is -2.33. The highest BCUT2D eigenvalue weighted by molar-refractivity contribution is 5.92. The number of ether oxygens (including phenoxy) is 1. The fourth-order valence-electron chi connectivity index (χ4n) is 3.20. The van der Waals surface area contributed by atoms with Gasteiger partial charge in [-0.05, 0) is 37.1 Å². The minimum Gasteiger partial charge on any atom is -0.497 e. The molecule has 0 saturated carbocycles. The predicted molar refractivity (Wildman–Crippen MR) is 96.1 cm³/mol. The lowest BCUT2D eigenvalue weighted by Gasteiger charge is -2.32. The third kappa shape index (κ3) is 4.36. The van der Waals surface area contributed by atoms with Gasteiger partial charge in [0.15, 0.2) is 0 Å². The molecule has 0 bridgehead atoms. The van der Waals surface area contributed by atoms with E-state index in [9.17, 15) is 4.79 Å². The van der Waals surface area contributed by atoms with Crippen LogP contribution >= 0.6 is 0 Å². The zero-order valence-electron chi connectivity index (χ0n) is 14.1. The first kappa shape index (κ1) is 16.5. The van der Waals surface area contributed by atoms with Gasteiger partial charge < -0.3 is 10.1 Å². The lowest BCUT2D eigenvalue weighted by atomic mass is 9.96. The number of anilines is 1. The SMILES string of the molecule is COc1cccc(NC(=O)[C@@H]2CCCN(Cc3ccccc3)C2)c1. The number of hydrogen-bond acceptors (Lipinski definition) is 3. The van der Waals surface area contributed by atoms with Crippen molar-refractivity contribution in [2.24, 2.45) is 5.92 Å². The molecule has 1 N–H and O–H groups in total. The van der Waals surface area contributed by atoms with Gasteiger partial charge in [0, 0.05) is 24.8 Å². The van der Waals surface area contributed by atoms with Crippen LogP contribution in [0.5, 0.6) is 5.75 Å². The summed E-state index contributed by atoms with van der Waals surface area (Å²) in [5, 5.41) is 3.03. The zero-order chi connectivity index (χ0) is 16.8. The van der Waals surface area contributed by atoms with E-state index >= 15 is 0 Å². The topological polar surface area (TPSA) is 41.6 Å². The Morgan fingerprint density at radius 1 is 1.21 bits per heavy atom. The highest BCUT2D eigenvalue weighted by Crippen LogP contribution is 2.22. The predicted octanol–water partition coefficient (Wildman–Crippen LogP) is 3.55. The van der Waals surface area contributed by atoms with Crippen molar-refractivity contribution in [2.45, 2.75) is 19.4 Å². The van der Waals surface area contributed by atoms with Crippen LogP contribution in [0.3, 0.4) is 0 Å². The average molecular weight is 324 g/mol. The minimum atomic E-state index is 0.0358. The highest BCUT2D eigenvalue weighted by atomic mass is 16.5. The van der Waals surface area contributed by atoms with E-state index in [0.29, 0.717) is 0 Å². The standard InChI is InChI=1S/C20H24N2O2/c1-24-19-11-5-10-18(13-19)21-20(23)17-9-6-12-22(15-17)14-16-7-3-2-4-8-16/h2-5,7-8,10-11,13,17H,6,9,12,14-15H2,1H3,(H,21,23)/t17-/m1/s1. The Labute approximate surface area is 143 Å². The summed E-state index contributed by atoms with van der Waals surface area (Å²) in [6.07, 6.45) is 2.00. The number of benzene rings is 2. The third-order valence-corrected chi connectivity index (χ3v) is 4.46. The maximum Gasteiger partial charge on any atom is 0.228 e. The van der Waals surface area contributed by atoms with Gasteiger partial charge in [0.05, 0.1) is 13.0 Å². The van der Waals surface area contributed by atoms with Crippen LogP contribution in [0.25, 0.3) is 0 Å². The molecule has 1 saturated heterocycles. The molecule has 1 heterocycles. The van der Waals surface area contributed by atoms with Crippen molar-refractivity contribution in [1.29, 1.82) is 0 Å². The molecule has 1 aliphatic rings. The van der Waals surface area contributed by atoms with E-state index < -0.39 is 0 Å². The summed E-state index contributed by atoms with van der Waals surface area (Å²) < 4.78 is 5.21. The number of amides is 1. The number of carbonyl (C=O) groups is 1. The Kier molecular flexibility index (Phi) is 5.49. The lowest BCUT2D eigenvalue weighted by Crippen LogP contribution is -2.40. The number of nitrogens with one attached hydrogen (secondary N) is 1. The van der Waals surface area contributed by atoms with Gasteiger partial charge in [-0.1, -0.05) is 36.4 Å². The van der Waals surface area contributed by atoms with Gasteiger partial charge in [0.1, 0.15) is 5.75 Å². The molecule has 1 fully saturated rings.